The van der Waals surface area contributed by atoms with E-state index in [1.165, 1.54) is 24.4 Å². The number of benzene rings is 1. The Morgan fingerprint density at radius 3 is 2.70 bits per heavy atom. The fourth-order valence-electron chi connectivity index (χ4n) is 5.36. The highest BCUT2D eigenvalue weighted by molar-refractivity contribution is 5.93. The normalized spacial score (nSPS) is 16.2. The number of carbonyl (C=O) groups excluding carboxylic acids is 2. The van der Waals surface area contributed by atoms with Crippen molar-refractivity contribution in [2.24, 2.45) is 0 Å². The van der Waals surface area contributed by atoms with Gasteiger partial charge in [-0.15, -0.1) is 0 Å². The SMILES string of the molecule is O=C(NCc1ccccc1F)OCc1ccnc(C(=O)N[C@H]2CCC[C@@H](Nc3nc(-c4c[nH]c5ncc(F)cc45)ncc3F)C2)c1. The van der Waals surface area contributed by atoms with Gasteiger partial charge in [0.25, 0.3) is 5.91 Å². The number of aromatic nitrogens is 5. The first-order valence-corrected chi connectivity index (χ1v) is 14.6. The third kappa shape index (κ3) is 7.22. The molecule has 1 aliphatic carbocycles. The van der Waals surface area contributed by atoms with Crippen molar-refractivity contribution < 1.29 is 27.5 Å². The van der Waals surface area contributed by atoms with Crippen LogP contribution in [-0.2, 0) is 17.9 Å². The Morgan fingerprint density at radius 2 is 1.83 bits per heavy atom. The van der Waals surface area contributed by atoms with E-state index in [2.05, 4.69) is 40.9 Å². The molecule has 4 heterocycles. The van der Waals surface area contributed by atoms with E-state index in [4.69, 9.17) is 4.74 Å². The third-order valence-corrected chi connectivity index (χ3v) is 7.64. The molecule has 2 atom stereocenters. The lowest BCUT2D eigenvalue weighted by atomic mass is 9.91. The van der Waals surface area contributed by atoms with Gasteiger partial charge in [0.15, 0.2) is 17.5 Å². The van der Waals surface area contributed by atoms with Crippen LogP contribution in [0.5, 0.6) is 0 Å². The zero-order chi connectivity index (χ0) is 32.0. The summed E-state index contributed by atoms with van der Waals surface area (Å²) in [6.07, 6.45) is 7.22. The second-order valence-electron chi connectivity index (χ2n) is 10.9. The topological polar surface area (TPSA) is 147 Å². The first kappa shape index (κ1) is 30.5. The number of amides is 2. The van der Waals surface area contributed by atoms with Gasteiger partial charge in [-0.2, -0.15) is 0 Å². The predicted octanol–water partition coefficient (Wildman–Crippen LogP) is 5.41. The molecule has 2 amide bonds. The lowest BCUT2D eigenvalue weighted by molar-refractivity contribution is 0.0921. The van der Waals surface area contributed by atoms with Crippen LogP contribution in [0.1, 0.15) is 47.3 Å². The summed E-state index contributed by atoms with van der Waals surface area (Å²) in [5.74, 6) is -1.76. The summed E-state index contributed by atoms with van der Waals surface area (Å²) < 4.78 is 47.5. The number of alkyl carbamates (subject to hydrolysis) is 1. The van der Waals surface area contributed by atoms with Crippen LogP contribution >= 0.6 is 0 Å². The fourth-order valence-corrected chi connectivity index (χ4v) is 5.36. The Morgan fingerprint density at radius 1 is 0.978 bits per heavy atom. The van der Waals surface area contributed by atoms with Gasteiger partial charge in [-0.25, -0.2) is 32.9 Å². The van der Waals surface area contributed by atoms with E-state index in [1.54, 1.807) is 30.5 Å². The number of nitrogens with one attached hydrogen (secondary N) is 4. The van der Waals surface area contributed by atoms with Gasteiger partial charge in [0.2, 0.25) is 0 Å². The van der Waals surface area contributed by atoms with Crippen LogP contribution < -0.4 is 16.0 Å². The molecule has 1 fully saturated rings. The first-order valence-electron chi connectivity index (χ1n) is 14.6. The van der Waals surface area contributed by atoms with Gasteiger partial charge in [-0.05, 0) is 55.5 Å². The molecular weight excluding hydrogens is 601 g/mol. The van der Waals surface area contributed by atoms with Gasteiger partial charge in [-0.1, -0.05) is 18.2 Å². The molecule has 0 radical (unpaired) electrons. The molecule has 0 spiro atoms. The van der Waals surface area contributed by atoms with E-state index < -0.39 is 29.5 Å². The number of H-pyrrole nitrogens is 1. The quantitative estimate of drug-likeness (QED) is 0.169. The second kappa shape index (κ2) is 13.6. The Hall–Kier alpha value is -5.53. The summed E-state index contributed by atoms with van der Waals surface area (Å²) >= 11 is 0. The van der Waals surface area contributed by atoms with Gasteiger partial charge >= 0.3 is 6.09 Å². The van der Waals surface area contributed by atoms with Crippen molar-refractivity contribution in [2.45, 2.75) is 50.9 Å². The number of anilines is 1. The minimum Gasteiger partial charge on any atom is -0.445 e. The molecule has 4 aromatic heterocycles. The summed E-state index contributed by atoms with van der Waals surface area (Å²) in [6.45, 7) is -0.140. The van der Waals surface area contributed by atoms with Crippen LogP contribution in [0.3, 0.4) is 0 Å². The molecule has 0 unspecified atom stereocenters. The zero-order valence-corrected chi connectivity index (χ0v) is 24.4. The van der Waals surface area contributed by atoms with E-state index in [1.807, 2.05) is 0 Å². The number of ether oxygens (including phenoxy) is 1. The number of rotatable bonds is 9. The smallest absolute Gasteiger partial charge is 0.407 e. The number of aromatic amines is 1. The predicted molar refractivity (Wildman–Crippen MR) is 162 cm³/mol. The maximum Gasteiger partial charge on any atom is 0.407 e. The van der Waals surface area contributed by atoms with E-state index in [0.717, 1.165) is 31.7 Å². The summed E-state index contributed by atoms with van der Waals surface area (Å²) in [5, 5.41) is 9.11. The molecule has 5 aromatic rings. The van der Waals surface area contributed by atoms with Crippen molar-refractivity contribution in [1.82, 2.24) is 35.6 Å². The van der Waals surface area contributed by atoms with Crippen LogP contribution in [0.2, 0.25) is 0 Å². The zero-order valence-electron chi connectivity index (χ0n) is 24.4. The number of pyridine rings is 2. The van der Waals surface area contributed by atoms with Crippen molar-refractivity contribution in [3.05, 3.63) is 102 Å². The fraction of sp³-hybridized carbons (Fsp3) is 0.250. The standard InChI is InChI=1S/C32H29F3N8O3/c33-20-11-23-24(15-38-28(23)37-14-20)29-39-16-26(35)30(43-29)41-21-5-3-6-22(12-21)42-31(44)27-10-18(8-9-36-27)17-46-32(45)40-13-19-4-1-2-7-25(19)34/h1-2,4,7-11,14-16,21-22H,3,5-6,12-13,17H2,(H,37,38)(H,40,45)(H,42,44)(H,39,41,43)/t21-,22+/m1/s1. The van der Waals surface area contributed by atoms with Crippen LogP contribution in [0, 0.1) is 17.5 Å². The average Bonchev–Trinajstić information content (AvgIpc) is 3.48. The first-order chi connectivity index (χ1) is 22.3. The summed E-state index contributed by atoms with van der Waals surface area (Å²) in [7, 11) is 0. The Balaban J connectivity index is 1.03. The molecule has 0 saturated heterocycles. The minimum absolute atomic E-state index is 0.00740. The molecule has 236 valence electrons. The number of fused-ring (bicyclic) bond motifs is 1. The lowest BCUT2D eigenvalue weighted by Gasteiger charge is -2.30. The molecule has 1 aliphatic rings. The third-order valence-electron chi connectivity index (χ3n) is 7.64. The summed E-state index contributed by atoms with van der Waals surface area (Å²) in [4.78, 5) is 44.7. The maximum absolute atomic E-state index is 14.8. The van der Waals surface area contributed by atoms with Gasteiger partial charge in [0, 0.05) is 47.5 Å². The molecule has 1 saturated carbocycles. The number of hydrogen-bond acceptors (Lipinski definition) is 8. The molecular formula is C32H29F3N8O3. The monoisotopic (exact) mass is 630 g/mol. The number of carbonyl (C=O) groups is 2. The van der Waals surface area contributed by atoms with Gasteiger partial charge in [0.05, 0.1) is 12.4 Å². The lowest BCUT2D eigenvalue weighted by Crippen LogP contribution is -2.42. The van der Waals surface area contributed by atoms with Crippen LogP contribution in [0.25, 0.3) is 22.4 Å². The van der Waals surface area contributed by atoms with Gasteiger partial charge in [-0.3, -0.25) is 9.78 Å². The highest BCUT2D eigenvalue weighted by Gasteiger charge is 2.26. The van der Waals surface area contributed by atoms with E-state index in [0.29, 0.717) is 34.1 Å². The van der Waals surface area contributed by atoms with Crippen LogP contribution in [0.15, 0.2) is 67.3 Å². The van der Waals surface area contributed by atoms with E-state index in [9.17, 15) is 22.8 Å². The highest BCUT2D eigenvalue weighted by atomic mass is 19.1. The molecule has 0 aliphatic heterocycles. The number of halogens is 3. The molecule has 0 bridgehead atoms. The Kier molecular flexibility index (Phi) is 9.03. The number of nitrogens with zero attached hydrogens (tertiary/aromatic N) is 4. The molecule has 1 aromatic carbocycles. The molecule has 11 nitrogen and oxygen atoms in total. The summed E-state index contributed by atoms with van der Waals surface area (Å²) in [5.41, 5.74) is 1.98. The van der Waals surface area contributed by atoms with Crippen molar-refractivity contribution >= 4 is 28.9 Å². The second-order valence-corrected chi connectivity index (χ2v) is 10.9. The van der Waals surface area contributed by atoms with Crippen LogP contribution in [-0.4, -0.2) is 49.0 Å². The molecule has 14 heteroatoms. The van der Waals surface area contributed by atoms with Crippen LogP contribution in [0.4, 0.5) is 23.8 Å². The van der Waals surface area contributed by atoms with Crippen molar-refractivity contribution in [2.75, 3.05) is 5.32 Å². The van der Waals surface area contributed by atoms with Gasteiger partial charge < -0.3 is 25.7 Å². The van der Waals surface area contributed by atoms with Crippen molar-refractivity contribution in [3.63, 3.8) is 0 Å². The Labute approximate surface area is 261 Å². The largest absolute Gasteiger partial charge is 0.445 e. The van der Waals surface area contributed by atoms with Crippen molar-refractivity contribution in [1.29, 1.82) is 0 Å². The van der Waals surface area contributed by atoms with Gasteiger partial charge in [0.1, 0.15) is 29.6 Å². The van der Waals surface area contributed by atoms with E-state index >= 15 is 0 Å². The molecule has 46 heavy (non-hydrogen) atoms. The van der Waals surface area contributed by atoms with Crippen molar-refractivity contribution in [3.8, 4) is 11.4 Å². The average molecular weight is 631 g/mol. The molecule has 4 N–H and O–H groups in total. The molecule has 6 rings (SSSR count). The Bertz CT molecular complexity index is 1890. The summed E-state index contributed by atoms with van der Waals surface area (Å²) in [6, 6.07) is 10.2. The number of hydrogen-bond donors (Lipinski definition) is 4. The van der Waals surface area contributed by atoms with E-state index in [-0.39, 0.29) is 42.6 Å². The maximum atomic E-state index is 14.8. The highest BCUT2D eigenvalue weighted by Crippen LogP contribution is 2.28. The minimum atomic E-state index is -0.730.